The van der Waals surface area contributed by atoms with E-state index in [0.29, 0.717) is 0 Å². The Morgan fingerprint density at radius 3 is 1.86 bits per heavy atom. The summed E-state index contributed by atoms with van der Waals surface area (Å²) in [5.41, 5.74) is 0.614. The lowest BCUT2D eigenvalue weighted by Crippen LogP contribution is -2.75. The van der Waals surface area contributed by atoms with Gasteiger partial charge in [-0.15, -0.1) is 0 Å². The summed E-state index contributed by atoms with van der Waals surface area (Å²) in [6.07, 6.45) is -0.596. The van der Waals surface area contributed by atoms with E-state index in [1.54, 1.807) is 13.8 Å². The van der Waals surface area contributed by atoms with Crippen LogP contribution < -0.4 is 4.90 Å². The maximum atomic E-state index is 12.3. The van der Waals surface area contributed by atoms with Crippen LogP contribution in [0, 0.1) is 5.41 Å². The predicted molar refractivity (Wildman–Crippen MR) is 76.4 cm³/mol. The Labute approximate surface area is 122 Å². The molecule has 2 heterocycles. The second-order valence-corrected chi connectivity index (χ2v) is 6.12. The normalized spacial score (nSPS) is 20.7. The summed E-state index contributed by atoms with van der Waals surface area (Å²) in [5.74, 6) is -0.858. The van der Waals surface area contributed by atoms with Crippen molar-refractivity contribution >= 4 is 23.5 Å². The summed E-state index contributed by atoms with van der Waals surface area (Å²) >= 11 is 0. The summed E-state index contributed by atoms with van der Waals surface area (Å²) < 4.78 is 0. The Kier molecular flexibility index (Phi) is 2.63. The van der Waals surface area contributed by atoms with Gasteiger partial charge < -0.3 is 4.90 Å². The Morgan fingerprint density at radius 1 is 0.952 bits per heavy atom. The summed E-state index contributed by atoms with van der Waals surface area (Å²) in [5, 5.41) is 0. The van der Waals surface area contributed by atoms with Gasteiger partial charge in [-0.05, 0) is 31.5 Å². The first-order chi connectivity index (χ1) is 9.76. The van der Waals surface area contributed by atoms with E-state index in [2.05, 4.69) is 0 Å². The van der Waals surface area contributed by atoms with Crippen LogP contribution in [-0.4, -0.2) is 41.7 Å². The molecule has 2 fully saturated rings. The van der Waals surface area contributed by atoms with Crippen molar-refractivity contribution in [3.8, 4) is 0 Å². The van der Waals surface area contributed by atoms with Gasteiger partial charge in [0.25, 0.3) is 0 Å². The standard InChI is InChI=1S/C15H17N3O3/c1-15(2)12(19)17-11(18(13(15)20)14(17)21)9-5-7-10(8-6-9)16(3)4/h5-8,11H,1-4H3. The number of barbiturate groups is 1. The molecule has 6 heteroatoms. The van der Waals surface area contributed by atoms with Crippen LogP contribution in [-0.2, 0) is 9.59 Å². The zero-order valence-electron chi connectivity index (χ0n) is 12.5. The lowest BCUT2D eigenvalue weighted by Gasteiger charge is -2.55. The number of fused-ring (bicyclic) bond motifs is 2. The number of imide groups is 2. The Morgan fingerprint density at radius 2 is 1.43 bits per heavy atom. The zero-order valence-corrected chi connectivity index (χ0v) is 12.5. The van der Waals surface area contributed by atoms with Crippen molar-refractivity contribution in [3.63, 3.8) is 0 Å². The number of urea groups is 1. The van der Waals surface area contributed by atoms with Gasteiger partial charge in [0.2, 0.25) is 11.8 Å². The number of nitrogens with zero attached hydrogens (tertiary/aromatic N) is 3. The molecule has 0 radical (unpaired) electrons. The molecule has 4 amide bonds. The highest BCUT2D eigenvalue weighted by molar-refractivity contribution is 6.22. The monoisotopic (exact) mass is 287 g/mol. The number of rotatable bonds is 2. The number of hydrogen-bond donors (Lipinski definition) is 0. The van der Waals surface area contributed by atoms with Crippen molar-refractivity contribution < 1.29 is 14.4 Å². The third-order valence-electron chi connectivity index (χ3n) is 4.12. The molecule has 0 atom stereocenters. The Hall–Kier alpha value is -2.37. The van der Waals surface area contributed by atoms with E-state index in [4.69, 9.17) is 0 Å². The first-order valence-corrected chi connectivity index (χ1v) is 6.75. The van der Waals surface area contributed by atoms with Crippen LogP contribution in [0.4, 0.5) is 10.5 Å². The molecule has 0 unspecified atom stereocenters. The average molecular weight is 287 g/mol. The highest BCUT2D eigenvalue weighted by Gasteiger charge is 2.64. The van der Waals surface area contributed by atoms with Crippen molar-refractivity contribution in [2.45, 2.75) is 20.0 Å². The van der Waals surface area contributed by atoms with Crippen LogP contribution in [0.15, 0.2) is 24.3 Å². The first kappa shape index (κ1) is 13.6. The first-order valence-electron chi connectivity index (χ1n) is 6.75. The van der Waals surface area contributed by atoms with Crippen LogP contribution >= 0.6 is 0 Å². The molecule has 2 aliphatic heterocycles. The molecule has 2 bridgehead atoms. The molecule has 110 valence electrons. The molecule has 1 aromatic carbocycles. The molecular weight excluding hydrogens is 270 g/mol. The molecule has 0 saturated carbocycles. The van der Waals surface area contributed by atoms with Gasteiger partial charge in [0.15, 0.2) is 6.17 Å². The van der Waals surface area contributed by atoms with E-state index in [9.17, 15) is 14.4 Å². The van der Waals surface area contributed by atoms with Gasteiger partial charge in [-0.25, -0.2) is 14.6 Å². The molecule has 2 saturated heterocycles. The molecule has 3 rings (SSSR count). The van der Waals surface area contributed by atoms with Gasteiger partial charge in [0.1, 0.15) is 5.41 Å². The number of anilines is 1. The number of carbonyl (C=O) groups is 3. The quantitative estimate of drug-likeness (QED) is 0.775. The van der Waals surface area contributed by atoms with Crippen LogP contribution in [0.2, 0.25) is 0 Å². The van der Waals surface area contributed by atoms with Crippen LogP contribution in [0.5, 0.6) is 0 Å². The van der Waals surface area contributed by atoms with Crippen molar-refractivity contribution in [2.24, 2.45) is 5.41 Å². The molecule has 1 aromatic rings. The van der Waals surface area contributed by atoms with Gasteiger partial charge in [-0.2, -0.15) is 0 Å². The van der Waals surface area contributed by atoms with Gasteiger partial charge in [-0.3, -0.25) is 9.59 Å². The van der Waals surface area contributed by atoms with Crippen LogP contribution in [0.3, 0.4) is 0 Å². The largest absolute Gasteiger partial charge is 0.378 e. The fraction of sp³-hybridized carbons (Fsp3) is 0.400. The van der Waals surface area contributed by atoms with E-state index in [1.165, 1.54) is 9.80 Å². The number of hydrogen-bond acceptors (Lipinski definition) is 4. The second kappa shape index (κ2) is 4.07. The summed E-state index contributed by atoms with van der Waals surface area (Å²) in [6, 6.07) is 6.95. The highest BCUT2D eigenvalue weighted by atomic mass is 16.2. The van der Waals surface area contributed by atoms with E-state index in [0.717, 1.165) is 11.3 Å². The minimum absolute atomic E-state index is 0.429. The van der Waals surface area contributed by atoms with E-state index >= 15 is 0 Å². The molecule has 0 aromatic heterocycles. The summed E-state index contributed by atoms with van der Waals surface area (Å²) in [6.45, 7) is 3.10. The molecule has 6 nitrogen and oxygen atoms in total. The zero-order chi connectivity index (χ0) is 15.5. The van der Waals surface area contributed by atoms with Crippen molar-refractivity contribution in [2.75, 3.05) is 19.0 Å². The third-order valence-corrected chi connectivity index (χ3v) is 4.12. The molecule has 0 N–H and O–H groups in total. The predicted octanol–water partition coefficient (Wildman–Crippen LogP) is 1.58. The minimum Gasteiger partial charge on any atom is -0.378 e. The van der Waals surface area contributed by atoms with Gasteiger partial charge >= 0.3 is 6.03 Å². The van der Waals surface area contributed by atoms with E-state index in [1.807, 2.05) is 43.3 Å². The lowest BCUT2D eigenvalue weighted by atomic mass is 9.83. The fourth-order valence-corrected chi connectivity index (χ4v) is 2.72. The van der Waals surface area contributed by atoms with Crippen LogP contribution in [0.1, 0.15) is 25.6 Å². The molecule has 21 heavy (non-hydrogen) atoms. The minimum atomic E-state index is -1.16. The Balaban J connectivity index is 1.97. The van der Waals surface area contributed by atoms with E-state index in [-0.39, 0.29) is 0 Å². The summed E-state index contributed by atoms with van der Waals surface area (Å²) in [7, 11) is 3.86. The maximum absolute atomic E-state index is 12.3. The number of benzene rings is 1. The van der Waals surface area contributed by atoms with E-state index < -0.39 is 29.4 Å². The van der Waals surface area contributed by atoms with Crippen molar-refractivity contribution in [3.05, 3.63) is 29.8 Å². The molecule has 0 spiro atoms. The number of carbonyl (C=O) groups excluding carboxylic acids is 3. The topological polar surface area (TPSA) is 60.9 Å². The lowest BCUT2D eigenvalue weighted by molar-refractivity contribution is -0.179. The van der Waals surface area contributed by atoms with Crippen molar-refractivity contribution in [1.29, 1.82) is 0 Å². The third kappa shape index (κ3) is 1.62. The summed E-state index contributed by atoms with van der Waals surface area (Å²) in [4.78, 5) is 40.8. The SMILES string of the molecule is CN(C)c1ccc(C2N3C(=O)N2C(=O)C(C)(C)C3=O)cc1. The number of amides is 4. The average Bonchev–Trinajstić information content (AvgIpc) is 2.42. The maximum Gasteiger partial charge on any atom is 0.337 e. The van der Waals surface area contributed by atoms with Crippen LogP contribution in [0.25, 0.3) is 0 Å². The molecule has 0 aliphatic carbocycles. The molecule has 2 aliphatic rings. The van der Waals surface area contributed by atoms with Gasteiger partial charge in [0.05, 0.1) is 0 Å². The van der Waals surface area contributed by atoms with Gasteiger partial charge in [-0.1, -0.05) is 12.1 Å². The second-order valence-electron chi connectivity index (χ2n) is 6.12. The highest BCUT2D eigenvalue weighted by Crippen LogP contribution is 2.46. The smallest absolute Gasteiger partial charge is 0.337 e. The van der Waals surface area contributed by atoms with Crippen molar-refractivity contribution in [1.82, 2.24) is 9.80 Å². The van der Waals surface area contributed by atoms with Gasteiger partial charge in [0, 0.05) is 19.8 Å². The molecular formula is C15H17N3O3. The Bertz CT molecular complexity index is 621. The fourth-order valence-electron chi connectivity index (χ4n) is 2.72.